The predicted molar refractivity (Wildman–Crippen MR) is 100 cm³/mol. The average Bonchev–Trinajstić information content (AvgIpc) is 2.63. The van der Waals surface area contributed by atoms with Gasteiger partial charge < -0.3 is 15.5 Å². The lowest BCUT2D eigenvalue weighted by molar-refractivity contribution is -0.139. The topological polar surface area (TPSA) is 66.6 Å². The molecule has 1 saturated heterocycles. The molecule has 0 aromatic heterocycles. The van der Waals surface area contributed by atoms with E-state index in [1.165, 1.54) is 0 Å². The second-order valence-electron chi connectivity index (χ2n) is 6.52. The molecule has 1 fully saturated rings. The number of benzene rings is 1. The number of nitrogens with zero attached hydrogens (tertiary/aromatic N) is 2. The van der Waals surface area contributed by atoms with Crippen LogP contribution in [0.5, 0.6) is 0 Å². The van der Waals surface area contributed by atoms with Crippen LogP contribution in [0.25, 0.3) is 0 Å². The Kier molecular flexibility index (Phi) is 8.22. The Morgan fingerprint density at radius 1 is 0.880 bits per heavy atom. The van der Waals surface area contributed by atoms with Gasteiger partial charge in [-0.2, -0.15) is 0 Å². The van der Waals surface area contributed by atoms with Crippen molar-refractivity contribution in [1.82, 2.24) is 9.80 Å². The summed E-state index contributed by atoms with van der Waals surface area (Å²) < 4.78 is 0. The zero-order chi connectivity index (χ0) is 18.1. The Labute approximate surface area is 155 Å². The molecule has 0 saturated carbocycles. The van der Waals surface area contributed by atoms with Gasteiger partial charge in [-0.1, -0.05) is 36.6 Å². The van der Waals surface area contributed by atoms with Gasteiger partial charge in [0.25, 0.3) is 0 Å². The van der Waals surface area contributed by atoms with E-state index in [1.807, 2.05) is 21.9 Å². The summed E-state index contributed by atoms with van der Waals surface area (Å²) >= 11 is 5.87. The highest BCUT2D eigenvalue weighted by atomic mass is 35.5. The highest BCUT2D eigenvalue weighted by Gasteiger charge is 2.23. The van der Waals surface area contributed by atoms with Gasteiger partial charge >= 0.3 is 0 Å². The molecule has 138 valence electrons. The van der Waals surface area contributed by atoms with Crippen LogP contribution in [0.15, 0.2) is 24.3 Å². The highest BCUT2D eigenvalue weighted by Crippen LogP contribution is 2.13. The monoisotopic (exact) mass is 365 g/mol. The highest BCUT2D eigenvalue weighted by molar-refractivity contribution is 6.30. The van der Waals surface area contributed by atoms with Gasteiger partial charge in [0, 0.05) is 37.6 Å². The standard InChI is InChI=1S/C19H28ClN3O2/c20-17-8-6-16(7-9-17)15-19(25)23-13-11-22(12-14-23)18(24)5-3-1-2-4-10-21/h6-9H,1-5,10-15,21H2. The minimum absolute atomic E-state index is 0.108. The molecule has 0 radical (unpaired) electrons. The summed E-state index contributed by atoms with van der Waals surface area (Å²) in [6.45, 7) is 3.22. The van der Waals surface area contributed by atoms with Crippen LogP contribution in [0.3, 0.4) is 0 Å². The molecule has 6 heteroatoms. The lowest BCUT2D eigenvalue weighted by Gasteiger charge is -2.35. The van der Waals surface area contributed by atoms with Crippen molar-refractivity contribution < 1.29 is 9.59 Å². The minimum Gasteiger partial charge on any atom is -0.339 e. The van der Waals surface area contributed by atoms with Crippen LogP contribution in [-0.4, -0.2) is 54.3 Å². The molecule has 1 heterocycles. The molecular weight excluding hydrogens is 338 g/mol. The summed E-state index contributed by atoms with van der Waals surface area (Å²) in [4.78, 5) is 28.3. The van der Waals surface area contributed by atoms with Crippen molar-refractivity contribution in [3.05, 3.63) is 34.9 Å². The predicted octanol–water partition coefficient (Wildman–Crippen LogP) is 2.46. The number of carbonyl (C=O) groups excluding carboxylic acids is 2. The van der Waals surface area contributed by atoms with E-state index in [4.69, 9.17) is 17.3 Å². The molecule has 25 heavy (non-hydrogen) atoms. The smallest absolute Gasteiger partial charge is 0.227 e. The number of halogens is 1. The van der Waals surface area contributed by atoms with E-state index in [1.54, 1.807) is 12.1 Å². The quantitative estimate of drug-likeness (QED) is 0.719. The third kappa shape index (κ3) is 6.67. The van der Waals surface area contributed by atoms with Gasteiger partial charge in [-0.15, -0.1) is 0 Å². The first-order valence-corrected chi connectivity index (χ1v) is 9.48. The second kappa shape index (κ2) is 10.4. The Balaban J connectivity index is 1.68. The fraction of sp³-hybridized carbons (Fsp3) is 0.579. The van der Waals surface area contributed by atoms with Crippen molar-refractivity contribution in [2.45, 2.75) is 38.5 Å². The van der Waals surface area contributed by atoms with E-state index in [0.717, 1.165) is 37.8 Å². The molecule has 5 nitrogen and oxygen atoms in total. The first-order chi connectivity index (χ1) is 12.1. The van der Waals surface area contributed by atoms with Crippen LogP contribution in [0.1, 0.15) is 37.7 Å². The summed E-state index contributed by atoms with van der Waals surface area (Å²) in [6.07, 6.45) is 5.09. The van der Waals surface area contributed by atoms with Crippen molar-refractivity contribution in [1.29, 1.82) is 0 Å². The van der Waals surface area contributed by atoms with E-state index in [0.29, 0.717) is 44.0 Å². The van der Waals surface area contributed by atoms with Gasteiger partial charge in [0.1, 0.15) is 0 Å². The maximum atomic E-state index is 12.4. The van der Waals surface area contributed by atoms with Crippen molar-refractivity contribution in [3.63, 3.8) is 0 Å². The Bertz CT molecular complexity index is 554. The molecular formula is C19H28ClN3O2. The molecule has 0 bridgehead atoms. The van der Waals surface area contributed by atoms with Gasteiger partial charge in [-0.3, -0.25) is 9.59 Å². The number of rotatable bonds is 8. The van der Waals surface area contributed by atoms with E-state index < -0.39 is 0 Å². The summed E-state index contributed by atoms with van der Waals surface area (Å²) in [5.74, 6) is 0.314. The minimum atomic E-state index is 0.108. The van der Waals surface area contributed by atoms with Gasteiger partial charge in [0.2, 0.25) is 11.8 Å². The number of hydrogen-bond donors (Lipinski definition) is 1. The molecule has 2 amide bonds. The first-order valence-electron chi connectivity index (χ1n) is 9.10. The summed E-state index contributed by atoms with van der Waals surface area (Å²) in [7, 11) is 0. The van der Waals surface area contributed by atoms with Crippen LogP contribution in [0, 0.1) is 0 Å². The second-order valence-corrected chi connectivity index (χ2v) is 6.95. The Hall–Kier alpha value is -1.59. The van der Waals surface area contributed by atoms with Gasteiger partial charge in [-0.25, -0.2) is 0 Å². The fourth-order valence-electron chi connectivity index (χ4n) is 3.03. The number of piperazine rings is 1. The molecule has 0 unspecified atom stereocenters. The number of hydrogen-bond acceptors (Lipinski definition) is 3. The van der Waals surface area contributed by atoms with Crippen LogP contribution in [0.2, 0.25) is 5.02 Å². The average molecular weight is 366 g/mol. The zero-order valence-electron chi connectivity index (χ0n) is 14.8. The van der Waals surface area contributed by atoms with E-state index in [2.05, 4.69) is 0 Å². The number of carbonyl (C=O) groups is 2. The van der Waals surface area contributed by atoms with Crippen molar-refractivity contribution in [2.75, 3.05) is 32.7 Å². The fourth-order valence-corrected chi connectivity index (χ4v) is 3.15. The third-order valence-electron chi connectivity index (χ3n) is 4.60. The van der Waals surface area contributed by atoms with Crippen molar-refractivity contribution in [2.24, 2.45) is 5.73 Å². The van der Waals surface area contributed by atoms with Gasteiger partial charge in [0.15, 0.2) is 0 Å². The summed E-state index contributed by atoms with van der Waals surface area (Å²) in [5, 5.41) is 0.673. The largest absolute Gasteiger partial charge is 0.339 e. The Morgan fingerprint density at radius 2 is 1.44 bits per heavy atom. The van der Waals surface area contributed by atoms with Crippen LogP contribution >= 0.6 is 11.6 Å². The van der Waals surface area contributed by atoms with E-state index >= 15 is 0 Å². The Morgan fingerprint density at radius 3 is 2.04 bits per heavy atom. The summed E-state index contributed by atoms with van der Waals surface area (Å²) in [6, 6.07) is 7.36. The number of amides is 2. The van der Waals surface area contributed by atoms with E-state index in [9.17, 15) is 9.59 Å². The molecule has 0 spiro atoms. The third-order valence-corrected chi connectivity index (χ3v) is 4.85. The molecule has 1 aliphatic rings. The lowest BCUT2D eigenvalue weighted by atomic mass is 10.1. The van der Waals surface area contributed by atoms with Gasteiger partial charge in [0.05, 0.1) is 6.42 Å². The van der Waals surface area contributed by atoms with E-state index in [-0.39, 0.29) is 11.8 Å². The SMILES string of the molecule is NCCCCCCC(=O)N1CCN(C(=O)Cc2ccc(Cl)cc2)CC1. The van der Waals surface area contributed by atoms with Crippen LogP contribution in [-0.2, 0) is 16.0 Å². The summed E-state index contributed by atoms with van der Waals surface area (Å²) in [5.41, 5.74) is 6.43. The molecule has 1 aromatic carbocycles. The molecule has 2 rings (SSSR count). The molecule has 2 N–H and O–H groups in total. The van der Waals surface area contributed by atoms with Crippen LogP contribution < -0.4 is 5.73 Å². The van der Waals surface area contributed by atoms with Gasteiger partial charge in [-0.05, 0) is 37.1 Å². The molecule has 0 atom stereocenters. The van der Waals surface area contributed by atoms with Crippen LogP contribution in [0.4, 0.5) is 0 Å². The molecule has 0 aliphatic carbocycles. The maximum absolute atomic E-state index is 12.4. The number of unbranched alkanes of at least 4 members (excludes halogenated alkanes) is 3. The number of nitrogens with two attached hydrogens (primary N) is 1. The lowest BCUT2D eigenvalue weighted by Crippen LogP contribution is -2.50. The molecule has 1 aliphatic heterocycles. The van der Waals surface area contributed by atoms with Crippen molar-refractivity contribution in [3.8, 4) is 0 Å². The maximum Gasteiger partial charge on any atom is 0.227 e. The molecule has 1 aromatic rings. The first kappa shape index (κ1) is 19.7. The normalized spacial score (nSPS) is 14.6. The zero-order valence-corrected chi connectivity index (χ0v) is 15.5. The van der Waals surface area contributed by atoms with Crippen molar-refractivity contribution >= 4 is 23.4 Å².